The van der Waals surface area contributed by atoms with E-state index in [9.17, 15) is 0 Å². The fraction of sp³-hybridized carbons (Fsp3) is 0.562. The number of hydrogen-bond donors (Lipinski definition) is 2. The largest absolute Gasteiger partial charge is 0.497 e. The van der Waals surface area contributed by atoms with Gasteiger partial charge in [-0.3, -0.25) is 0 Å². The number of benzene rings is 1. The Morgan fingerprint density at radius 3 is 3.00 bits per heavy atom. The Morgan fingerprint density at radius 1 is 1.33 bits per heavy atom. The summed E-state index contributed by atoms with van der Waals surface area (Å²) in [5.74, 6) is 1.47. The predicted molar refractivity (Wildman–Crippen MR) is 87.9 cm³/mol. The third-order valence-electron chi connectivity index (χ3n) is 4.32. The normalized spacial score (nSPS) is 23.1. The third kappa shape index (κ3) is 3.35. The highest BCUT2D eigenvalue weighted by Crippen LogP contribution is 2.36. The fourth-order valence-corrected chi connectivity index (χ4v) is 4.40. The van der Waals surface area contributed by atoms with E-state index < -0.39 is 0 Å². The first-order valence-corrected chi connectivity index (χ1v) is 8.58. The van der Waals surface area contributed by atoms with E-state index in [-0.39, 0.29) is 0 Å². The summed E-state index contributed by atoms with van der Waals surface area (Å²) in [6.07, 6.45) is 6.46. The number of thioether (sulfide) groups is 1. The first kappa shape index (κ1) is 14.7. The number of aromatic nitrogens is 2. The molecule has 0 spiro atoms. The molecular weight excluding hydrogens is 282 g/mol. The molecule has 1 aliphatic carbocycles. The molecule has 21 heavy (non-hydrogen) atoms. The van der Waals surface area contributed by atoms with Crippen LogP contribution >= 0.6 is 11.8 Å². The number of nitrogens with one attached hydrogen (secondary N) is 1. The molecule has 3 N–H and O–H groups in total. The summed E-state index contributed by atoms with van der Waals surface area (Å²) >= 11 is 1.86. The molecule has 1 fully saturated rings. The van der Waals surface area contributed by atoms with Gasteiger partial charge in [-0.2, -0.15) is 0 Å². The van der Waals surface area contributed by atoms with Crippen LogP contribution in [-0.2, 0) is 0 Å². The van der Waals surface area contributed by atoms with Crippen molar-refractivity contribution < 1.29 is 4.74 Å². The van der Waals surface area contributed by atoms with Crippen molar-refractivity contribution in [2.45, 2.75) is 42.5 Å². The van der Waals surface area contributed by atoms with Gasteiger partial charge in [0.1, 0.15) is 5.75 Å². The summed E-state index contributed by atoms with van der Waals surface area (Å²) in [4.78, 5) is 8.11. The zero-order valence-corrected chi connectivity index (χ0v) is 13.3. The zero-order chi connectivity index (χ0) is 14.7. The monoisotopic (exact) mass is 305 g/mol. The molecular formula is C16H23N3OS. The Hall–Kier alpha value is -1.20. The summed E-state index contributed by atoms with van der Waals surface area (Å²) in [6, 6.07) is 5.95. The van der Waals surface area contributed by atoms with Crippen molar-refractivity contribution in [3.8, 4) is 5.75 Å². The van der Waals surface area contributed by atoms with Crippen LogP contribution in [0, 0.1) is 5.92 Å². The number of imidazole rings is 1. The van der Waals surface area contributed by atoms with Crippen molar-refractivity contribution in [2.75, 3.05) is 13.7 Å². The smallest absolute Gasteiger partial charge is 0.166 e. The van der Waals surface area contributed by atoms with Crippen LogP contribution in [0.25, 0.3) is 11.0 Å². The summed E-state index contributed by atoms with van der Waals surface area (Å²) in [6.45, 7) is 0.783. The quantitative estimate of drug-likeness (QED) is 0.848. The molecule has 2 unspecified atom stereocenters. The number of nitrogens with two attached hydrogens (primary N) is 1. The molecule has 1 aromatic carbocycles. The van der Waals surface area contributed by atoms with Gasteiger partial charge in [0.25, 0.3) is 0 Å². The molecule has 0 radical (unpaired) electrons. The van der Waals surface area contributed by atoms with Gasteiger partial charge >= 0.3 is 0 Å². The Labute approximate surface area is 129 Å². The van der Waals surface area contributed by atoms with Gasteiger partial charge in [-0.25, -0.2) is 4.98 Å². The Kier molecular flexibility index (Phi) is 4.70. The lowest BCUT2D eigenvalue weighted by Gasteiger charge is -2.21. The molecule has 1 aromatic heterocycles. The van der Waals surface area contributed by atoms with Gasteiger partial charge in [0.05, 0.1) is 18.1 Å². The molecule has 0 bridgehead atoms. The zero-order valence-electron chi connectivity index (χ0n) is 12.5. The lowest BCUT2D eigenvalue weighted by atomic mass is 10.0. The van der Waals surface area contributed by atoms with E-state index in [1.807, 2.05) is 30.0 Å². The standard InChI is InChI=1S/C16H23N3OS/c1-20-12-7-8-13-14(9-12)19-16(18-13)21-15-6-4-2-3-5-11(15)10-17/h7-9,11,15H,2-6,10,17H2,1H3,(H,18,19). The summed E-state index contributed by atoms with van der Waals surface area (Å²) < 4.78 is 5.26. The average Bonchev–Trinajstić information content (AvgIpc) is 2.77. The first-order valence-electron chi connectivity index (χ1n) is 7.70. The summed E-state index contributed by atoms with van der Waals surface area (Å²) in [7, 11) is 1.69. The van der Waals surface area contributed by atoms with E-state index >= 15 is 0 Å². The van der Waals surface area contributed by atoms with Gasteiger partial charge in [0.2, 0.25) is 0 Å². The van der Waals surface area contributed by atoms with Crippen LogP contribution in [0.5, 0.6) is 5.75 Å². The number of fused-ring (bicyclic) bond motifs is 1. The fourth-order valence-electron chi connectivity index (χ4n) is 3.07. The summed E-state index contributed by atoms with van der Waals surface area (Å²) in [5.41, 5.74) is 8.00. The van der Waals surface area contributed by atoms with Crippen LogP contribution in [0.3, 0.4) is 0 Å². The predicted octanol–water partition coefficient (Wildman–Crippen LogP) is 3.57. The van der Waals surface area contributed by atoms with Crippen LogP contribution in [0.15, 0.2) is 23.4 Å². The van der Waals surface area contributed by atoms with Crippen molar-refractivity contribution in [1.82, 2.24) is 9.97 Å². The SMILES string of the molecule is COc1ccc2nc(SC3CCCCCC3CN)[nH]c2c1. The number of hydrogen-bond acceptors (Lipinski definition) is 4. The maximum Gasteiger partial charge on any atom is 0.166 e. The van der Waals surface area contributed by atoms with Crippen LogP contribution < -0.4 is 10.5 Å². The van der Waals surface area contributed by atoms with Gasteiger partial charge in [-0.15, -0.1) is 0 Å². The lowest BCUT2D eigenvalue weighted by molar-refractivity contribution is 0.415. The number of aromatic amines is 1. The Balaban J connectivity index is 1.79. The van der Waals surface area contributed by atoms with Gasteiger partial charge in [0, 0.05) is 11.3 Å². The molecule has 1 heterocycles. The maximum absolute atomic E-state index is 5.97. The molecule has 2 aromatic rings. The molecule has 1 saturated carbocycles. The molecule has 0 aliphatic heterocycles. The number of rotatable bonds is 4. The maximum atomic E-state index is 5.97. The van der Waals surface area contributed by atoms with Gasteiger partial charge in [-0.1, -0.05) is 31.0 Å². The van der Waals surface area contributed by atoms with E-state index in [0.717, 1.165) is 28.5 Å². The second-order valence-corrected chi connectivity index (χ2v) is 6.94. The van der Waals surface area contributed by atoms with Gasteiger partial charge < -0.3 is 15.5 Å². The highest BCUT2D eigenvalue weighted by atomic mass is 32.2. The minimum Gasteiger partial charge on any atom is -0.497 e. The second kappa shape index (κ2) is 6.71. The van der Waals surface area contributed by atoms with Crippen molar-refractivity contribution in [2.24, 2.45) is 11.7 Å². The van der Waals surface area contributed by atoms with Crippen LogP contribution in [0.1, 0.15) is 32.1 Å². The van der Waals surface area contributed by atoms with E-state index in [1.54, 1.807) is 7.11 Å². The first-order chi connectivity index (χ1) is 10.3. The van der Waals surface area contributed by atoms with Gasteiger partial charge in [0.15, 0.2) is 5.16 Å². The molecule has 0 saturated heterocycles. The van der Waals surface area contributed by atoms with E-state index in [0.29, 0.717) is 11.2 Å². The van der Waals surface area contributed by atoms with Crippen molar-refractivity contribution >= 4 is 22.8 Å². The molecule has 0 amide bonds. The minimum absolute atomic E-state index is 0.583. The molecule has 3 rings (SSSR count). The van der Waals surface area contributed by atoms with E-state index in [2.05, 4.69) is 4.98 Å². The van der Waals surface area contributed by atoms with Crippen LogP contribution in [-0.4, -0.2) is 28.9 Å². The minimum atomic E-state index is 0.583. The number of H-pyrrole nitrogens is 1. The topological polar surface area (TPSA) is 63.9 Å². The molecule has 4 nitrogen and oxygen atoms in total. The summed E-state index contributed by atoms with van der Waals surface area (Å²) in [5, 5.41) is 1.59. The number of ether oxygens (including phenoxy) is 1. The van der Waals surface area contributed by atoms with Crippen molar-refractivity contribution in [1.29, 1.82) is 0 Å². The molecule has 5 heteroatoms. The lowest BCUT2D eigenvalue weighted by Crippen LogP contribution is -2.24. The molecule has 114 valence electrons. The number of nitrogens with zero attached hydrogens (tertiary/aromatic N) is 1. The van der Waals surface area contributed by atoms with Crippen LogP contribution in [0.4, 0.5) is 0 Å². The van der Waals surface area contributed by atoms with Crippen molar-refractivity contribution in [3.05, 3.63) is 18.2 Å². The molecule has 1 aliphatic rings. The average molecular weight is 305 g/mol. The highest BCUT2D eigenvalue weighted by molar-refractivity contribution is 7.99. The van der Waals surface area contributed by atoms with Gasteiger partial charge in [-0.05, 0) is 37.4 Å². The Morgan fingerprint density at radius 2 is 2.19 bits per heavy atom. The van der Waals surface area contributed by atoms with Crippen molar-refractivity contribution in [3.63, 3.8) is 0 Å². The highest BCUT2D eigenvalue weighted by Gasteiger charge is 2.24. The number of methoxy groups -OCH3 is 1. The molecule has 2 atom stereocenters. The van der Waals surface area contributed by atoms with Crippen LogP contribution in [0.2, 0.25) is 0 Å². The Bertz CT molecular complexity index is 598. The van der Waals surface area contributed by atoms with E-state index in [1.165, 1.54) is 32.1 Å². The van der Waals surface area contributed by atoms with E-state index in [4.69, 9.17) is 15.5 Å². The third-order valence-corrected chi connectivity index (χ3v) is 5.66. The second-order valence-electron chi connectivity index (χ2n) is 5.72.